The normalized spacial score (nSPS) is 10.8. The van der Waals surface area contributed by atoms with Crippen molar-refractivity contribution < 1.29 is 4.79 Å². The highest BCUT2D eigenvalue weighted by atomic mass is 35.5. The molecule has 0 saturated heterocycles. The van der Waals surface area contributed by atoms with E-state index in [0.29, 0.717) is 27.1 Å². The van der Waals surface area contributed by atoms with E-state index in [0.717, 1.165) is 10.9 Å². The van der Waals surface area contributed by atoms with Crippen LogP contribution in [-0.4, -0.2) is 10.9 Å². The number of nitrogen functional groups attached to an aromatic ring is 1. The number of carbonyl (C=O) groups excluding carboxylic acids is 1. The van der Waals surface area contributed by atoms with E-state index in [1.165, 1.54) is 0 Å². The van der Waals surface area contributed by atoms with Gasteiger partial charge >= 0.3 is 0 Å². The Morgan fingerprint density at radius 3 is 2.48 bits per heavy atom. The van der Waals surface area contributed by atoms with Crippen molar-refractivity contribution in [1.82, 2.24) is 4.98 Å². The van der Waals surface area contributed by atoms with Gasteiger partial charge < -0.3 is 16.0 Å². The smallest absolute Gasteiger partial charge is 0.272 e. The minimum Gasteiger partial charge on any atom is -0.397 e. The van der Waals surface area contributed by atoms with Crippen LogP contribution < -0.4 is 11.1 Å². The van der Waals surface area contributed by atoms with Gasteiger partial charge in [-0.1, -0.05) is 35.3 Å². The lowest BCUT2D eigenvalue weighted by Gasteiger charge is -2.05. The minimum atomic E-state index is -0.288. The van der Waals surface area contributed by atoms with Gasteiger partial charge in [0.25, 0.3) is 5.91 Å². The van der Waals surface area contributed by atoms with Crippen LogP contribution in [0, 0.1) is 0 Å². The third-order valence-electron chi connectivity index (χ3n) is 3.05. The average molecular weight is 320 g/mol. The van der Waals surface area contributed by atoms with Crippen LogP contribution >= 0.6 is 23.2 Å². The summed E-state index contributed by atoms with van der Waals surface area (Å²) in [5.41, 5.74) is 8.15. The van der Waals surface area contributed by atoms with Crippen molar-refractivity contribution in [1.29, 1.82) is 0 Å². The maximum absolute atomic E-state index is 12.2. The summed E-state index contributed by atoms with van der Waals surface area (Å²) in [4.78, 5) is 15.3. The van der Waals surface area contributed by atoms with E-state index < -0.39 is 0 Å². The first-order chi connectivity index (χ1) is 10.0. The Morgan fingerprint density at radius 1 is 1.10 bits per heavy atom. The van der Waals surface area contributed by atoms with Crippen molar-refractivity contribution in [3.05, 3.63) is 58.2 Å². The molecule has 1 aromatic heterocycles. The monoisotopic (exact) mass is 319 g/mol. The number of para-hydroxylation sites is 1. The molecule has 1 heterocycles. The van der Waals surface area contributed by atoms with Crippen LogP contribution in [0.4, 0.5) is 11.4 Å². The van der Waals surface area contributed by atoms with E-state index in [4.69, 9.17) is 28.9 Å². The fourth-order valence-electron chi connectivity index (χ4n) is 2.13. The molecule has 0 radical (unpaired) electrons. The Hall–Kier alpha value is -2.17. The first kappa shape index (κ1) is 13.8. The van der Waals surface area contributed by atoms with E-state index >= 15 is 0 Å². The maximum atomic E-state index is 12.2. The molecule has 0 saturated carbocycles. The number of nitrogens with two attached hydrogens (primary N) is 1. The number of anilines is 2. The predicted molar refractivity (Wildman–Crippen MR) is 87.1 cm³/mol. The quantitative estimate of drug-likeness (QED) is 0.616. The Kier molecular flexibility index (Phi) is 3.49. The molecule has 2 aromatic carbocycles. The van der Waals surface area contributed by atoms with Crippen LogP contribution in [0.3, 0.4) is 0 Å². The molecule has 1 amide bonds. The molecule has 0 spiro atoms. The molecule has 0 aliphatic carbocycles. The Bertz CT molecular complexity index is 822. The van der Waals surface area contributed by atoms with Crippen LogP contribution in [0.15, 0.2) is 42.5 Å². The average Bonchev–Trinajstić information content (AvgIpc) is 2.83. The van der Waals surface area contributed by atoms with Crippen LogP contribution in [0.25, 0.3) is 10.9 Å². The van der Waals surface area contributed by atoms with Crippen molar-refractivity contribution in [2.24, 2.45) is 0 Å². The highest BCUT2D eigenvalue weighted by Gasteiger charge is 2.11. The summed E-state index contributed by atoms with van der Waals surface area (Å²) in [6.45, 7) is 0. The Morgan fingerprint density at radius 2 is 1.81 bits per heavy atom. The van der Waals surface area contributed by atoms with Crippen LogP contribution in [0.2, 0.25) is 10.0 Å². The van der Waals surface area contributed by atoms with E-state index in [-0.39, 0.29) is 5.91 Å². The van der Waals surface area contributed by atoms with Crippen molar-refractivity contribution in [2.75, 3.05) is 11.1 Å². The second kappa shape index (κ2) is 5.31. The number of hydrogen-bond donors (Lipinski definition) is 3. The number of amides is 1. The lowest BCUT2D eigenvalue weighted by atomic mass is 10.2. The van der Waals surface area contributed by atoms with Gasteiger partial charge in [-0.05, 0) is 30.3 Å². The molecule has 0 aliphatic rings. The molecule has 4 nitrogen and oxygen atoms in total. The molecule has 0 bridgehead atoms. The van der Waals surface area contributed by atoms with Gasteiger partial charge in [0, 0.05) is 21.1 Å². The lowest BCUT2D eigenvalue weighted by molar-refractivity contribution is 0.102. The van der Waals surface area contributed by atoms with E-state index in [1.807, 2.05) is 12.1 Å². The fraction of sp³-hybridized carbons (Fsp3) is 0. The van der Waals surface area contributed by atoms with Gasteiger partial charge in [0.1, 0.15) is 5.69 Å². The largest absolute Gasteiger partial charge is 0.397 e. The summed E-state index contributed by atoms with van der Waals surface area (Å²) in [5, 5.41) is 4.53. The van der Waals surface area contributed by atoms with Gasteiger partial charge in [-0.15, -0.1) is 0 Å². The molecule has 3 rings (SSSR count). The number of halogens is 2. The lowest BCUT2D eigenvalue weighted by Crippen LogP contribution is -2.12. The highest BCUT2D eigenvalue weighted by molar-refractivity contribution is 6.35. The van der Waals surface area contributed by atoms with Gasteiger partial charge in [-0.3, -0.25) is 4.79 Å². The zero-order chi connectivity index (χ0) is 15.0. The number of rotatable bonds is 2. The zero-order valence-electron chi connectivity index (χ0n) is 10.8. The number of aromatic amines is 1. The van der Waals surface area contributed by atoms with Crippen molar-refractivity contribution in [2.45, 2.75) is 0 Å². The van der Waals surface area contributed by atoms with E-state index in [9.17, 15) is 4.79 Å². The topological polar surface area (TPSA) is 70.9 Å². The molecule has 6 heteroatoms. The minimum absolute atomic E-state index is 0.288. The Balaban J connectivity index is 1.91. The molecule has 3 aromatic rings. The van der Waals surface area contributed by atoms with Crippen LogP contribution in [0.5, 0.6) is 0 Å². The number of carbonyl (C=O) groups is 1. The SMILES string of the molecule is Nc1cccc2cc(C(=O)Nc3cc(Cl)cc(Cl)c3)[nH]c12. The molecule has 4 N–H and O–H groups in total. The van der Waals surface area contributed by atoms with Gasteiger partial charge in [-0.25, -0.2) is 0 Å². The summed E-state index contributed by atoms with van der Waals surface area (Å²) < 4.78 is 0. The number of hydrogen-bond acceptors (Lipinski definition) is 2. The molecule has 0 fully saturated rings. The molecule has 106 valence electrons. The van der Waals surface area contributed by atoms with E-state index in [1.54, 1.807) is 30.3 Å². The second-order valence-corrected chi connectivity index (χ2v) is 5.48. The zero-order valence-corrected chi connectivity index (χ0v) is 12.3. The third kappa shape index (κ3) is 2.82. The number of aromatic nitrogens is 1. The fourth-order valence-corrected chi connectivity index (χ4v) is 2.65. The molecular weight excluding hydrogens is 309 g/mol. The third-order valence-corrected chi connectivity index (χ3v) is 3.49. The number of benzene rings is 2. The van der Waals surface area contributed by atoms with Crippen LogP contribution in [-0.2, 0) is 0 Å². The van der Waals surface area contributed by atoms with E-state index in [2.05, 4.69) is 10.3 Å². The van der Waals surface area contributed by atoms with Gasteiger partial charge in [0.2, 0.25) is 0 Å². The number of fused-ring (bicyclic) bond motifs is 1. The summed E-state index contributed by atoms with van der Waals surface area (Å²) in [6.07, 6.45) is 0. The standard InChI is InChI=1S/C15H11Cl2N3O/c16-9-5-10(17)7-11(6-9)19-15(21)13-4-8-2-1-3-12(18)14(8)20-13/h1-7,20H,18H2,(H,19,21). The highest BCUT2D eigenvalue weighted by Crippen LogP contribution is 2.24. The number of nitrogens with one attached hydrogen (secondary N) is 2. The summed E-state index contributed by atoms with van der Waals surface area (Å²) >= 11 is 11.8. The molecular formula is C15H11Cl2N3O. The molecule has 21 heavy (non-hydrogen) atoms. The molecule has 0 atom stereocenters. The van der Waals surface area contributed by atoms with Gasteiger partial charge in [0.15, 0.2) is 0 Å². The van der Waals surface area contributed by atoms with Crippen molar-refractivity contribution >= 4 is 51.4 Å². The first-order valence-corrected chi connectivity index (χ1v) is 6.93. The molecule has 0 aliphatic heterocycles. The summed E-state index contributed by atoms with van der Waals surface area (Å²) in [6, 6.07) is 12.1. The maximum Gasteiger partial charge on any atom is 0.272 e. The molecule has 0 unspecified atom stereocenters. The van der Waals surface area contributed by atoms with Crippen LogP contribution in [0.1, 0.15) is 10.5 Å². The summed E-state index contributed by atoms with van der Waals surface area (Å²) in [7, 11) is 0. The van der Waals surface area contributed by atoms with Gasteiger partial charge in [-0.2, -0.15) is 0 Å². The Labute approximate surface area is 130 Å². The predicted octanol–water partition coefficient (Wildman–Crippen LogP) is 4.31. The first-order valence-electron chi connectivity index (χ1n) is 6.17. The van der Waals surface area contributed by atoms with Crippen molar-refractivity contribution in [3.63, 3.8) is 0 Å². The van der Waals surface area contributed by atoms with Gasteiger partial charge in [0.05, 0.1) is 11.2 Å². The van der Waals surface area contributed by atoms with Crippen molar-refractivity contribution in [3.8, 4) is 0 Å². The number of H-pyrrole nitrogens is 1. The second-order valence-electron chi connectivity index (χ2n) is 4.61. The summed E-state index contributed by atoms with van der Waals surface area (Å²) in [5.74, 6) is -0.288.